The number of rotatable bonds is 3. The molecule has 1 aromatic heterocycles. The molecule has 0 aromatic carbocycles. The van der Waals surface area contributed by atoms with E-state index in [2.05, 4.69) is 9.97 Å². The topological polar surface area (TPSA) is 51.8 Å². The van der Waals surface area contributed by atoms with Gasteiger partial charge in [-0.05, 0) is 19.4 Å². The van der Waals surface area contributed by atoms with Gasteiger partial charge < -0.3 is 5.73 Å². The zero-order valence-corrected chi connectivity index (χ0v) is 6.70. The van der Waals surface area contributed by atoms with Crippen molar-refractivity contribution >= 4 is 0 Å². The SMILES string of the molecule is CC(N)CCc1ncccn1. The maximum Gasteiger partial charge on any atom is 0.128 e. The second-order valence-electron chi connectivity index (χ2n) is 2.68. The van der Waals surface area contributed by atoms with Crippen LogP contribution >= 0.6 is 0 Å². The third-order valence-electron chi connectivity index (χ3n) is 1.44. The van der Waals surface area contributed by atoms with Gasteiger partial charge in [0.1, 0.15) is 5.82 Å². The highest BCUT2D eigenvalue weighted by Gasteiger charge is 1.97. The molecule has 1 rings (SSSR count). The Balaban J connectivity index is 2.39. The Morgan fingerprint density at radius 1 is 1.45 bits per heavy atom. The Hall–Kier alpha value is -0.960. The van der Waals surface area contributed by atoms with Gasteiger partial charge in [-0.15, -0.1) is 0 Å². The molecule has 3 heteroatoms. The molecule has 0 radical (unpaired) electrons. The summed E-state index contributed by atoms with van der Waals surface area (Å²) in [4.78, 5) is 8.17. The van der Waals surface area contributed by atoms with Crippen LogP contribution in [-0.4, -0.2) is 16.0 Å². The first-order chi connectivity index (χ1) is 5.29. The molecule has 1 atom stereocenters. The average Bonchev–Trinajstić information content (AvgIpc) is 2.03. The van der Waals surface area contributed by atoms with E-state index >= 15 is 0 Å². The third kappa shape index (κ3) is 3.09. The van der Waals surface area contributed by atoms with E-state index in [-0.39, 0.29) is 6.04 Å². The maximum atomic E-state index is 5.58. The van der Waals surface area contributed by atoms with Crippen molar-refractivity contribution < 1.29 is 0 Å². The highest BCUT2D eigenvalue weighted by Crippen LogP contribution is 1.95. The summed E-state index contributed by atoms with van der Waals surface area (Å²) in [6.45, 7) is 1.99. The number of nitrogens with zero attached hydrogens (tertiary/aromatic N) is 2. The van der Waals surface area contributed by atoms with Crippen LogP contribution in [0.4, 0.5) is 0 Å². The van der Waals surface area contributed by atoms with E-state index in [1.165, 1.54) is 0 Å². The number of nitrogens with two attached hydrogens (primary N) is 1. The molecule has 3 nitrogen and oxygen atoms in total. The quantitative estimate of drug-likeness (QED) is 0.693. The number of hydrogen-bond acceptors (Lipinski definition) is 3. The van der Waals surface area contributed by atoms with Crippen molar-refractivity contribution in [3.8, 4) is 0 Å². The highest BCUT2D eigenvalue weighted by molar-refractivity contribution is 4.88. The second-order valence-corrected chi connectivity index (χ2v) is 2.68. The standard InChI is InChI=1S/C8H13N3/c1-7(9)3-4-8-10-5-2-6-11-8/h2,5-7H,3-4,9H2,1H3. The van der Waals surface area contributed by atoms with Gasteiger partial charge in [-0.3, -0.25) is 0 Å². The first kappa shape index (κ1) is 8.14. The summed E-state index contributed by atoms with van der Waals surface area (Å²) in [7, 11) is 0. The van der Waals surface area contributed by atoms with Gasteiger partial charge in [0, 0.05) is 24.9 Å². The first-order valence-electron chi connectivity index (χ1n) is 3.80. The molecule has 0 saturated heterocycles. The van der Waals surface area contributed by atoms with Crippen molar-refractivity contribution in [1.29, 1.82) is 0 Å². The summed E-state index contributed by atoms with van der Waals surface area (Å²) in [5.41, 5.74) is 5.58. The molecule has 0 fully saturated rings. The summed E-state index contributed by atoms with van der Waals surface area (Å²) in [5, 5.41) is 0. The lowest BCUT2D eigenvalue weighted by Gasteiger charge is -2.01. The molecule has 0 aliphatic heterocycles. The van der Waals surface area contributed by atoms with Gasteiger partial charge in [-0.2, -0.15) is 0 Å². The fraction of sp³-hybridized carbons (Fsp3) is 0.500. The Labute approximate surface area is 66.7 Å². The van der Waals surface area contributed by atoms with Crippen LogP contribution in [0.5, 0.6) is 0 Å². The van der Waals surface area contributed by atoms with Gasteiger partial charge >= 0.3 is 0 Å². The predicted molar refractivity (Wildman–Crippen MR) is 44.0 cm³/mol. The zero-order valence-electron chi connectivity index (χ0n) is 6.70. The molecule has 1 aromatic rings. The van der Waals surface area contributed by atoms with E-state index in [1.54, 1.807) is 12.4 Å². The lowest BCUT2D eigenvalue weighted by molar-refractivity contribution is 0.647. The van der Waals surface area contributed by atoms with E-state index in [0.717, 1.165) is 18.7 Å². The molecule has 0 amide bonds. The van der Waals surface area contributed by atoms with Gasteiger partial charge in [-0.25, -0.2) is 9.97 Å². The molecule has 11 heavy (non-hydrogen) atoms. The fourth-order valence-corrected chi connectivity index (χ4v) is 0.816. The summed E-state index contributed by atoms with van der Waals surface area (Å²) < 4.78 is 0. The lowest BCUT2D eigenvalue weighted by atomic mass is 10.2. The molecule has 0 spiro atoms. The minimum atomic E-state index is 0.235. The second kappa shape index (κ2) is 4.03. The molecular weight excluding hydrogens is 138 g/mol. The number of aryl methyl sites for hydroxylation is 1. The Morgan fingerprint density at radius 3 is 2.64 bits per heavy atom. The molecule has 2 N–H and O–H groups in total. The van der Waals surface area contributed by atoms with Crippen molar-refractivity contribution in [3.05, 3.63) is 24.3 Å². The largest absolute Gasteiger partial charge is 0.328 e. The molecule has 1 unspecified atom stereocenters. The van der Waals surface area contributed by atoms with Gasteiger partial charge in [0.2, 0.25) is 0 Å². The predicted octanol–water partition coefficient (Wildman–Crippen LogP) is 0.756. The van der Waals surface area contributed by atoms with E-state index in [1.807, 2.05) is 13.0 Å². The minimum absolute atomic E-state index is 0.235. The van der Waals surface area contributed by atoms with E-state index in [4.69, 9.17) is 5.73 Å². The van der Waals surface area contributed by atoms with Crippen molar-refractivity contribution in [2.45, 2.75) is 25.8 Å². The van der Waals surface area contributed by atoms with Crippen LogP contribution < -0.4 is 5.73 Å². The Morgan fingerprint density at radius 2 is 2.09 bits per heavy atom. The van der Waals surface area contributed by atoms with E-state index in [0.29, 0.717) is 0 Å². The van der Waals surface area contributed by atoms with Crippen LogP contribution in [0.3, 0.4) is 0 Å². The summed E-state index contributed by atoms with van der Waals surface area (Å²) in [6.07, 6.45) is 5.33. The smallest absolute Gasteiger partial charge is 0.128 e. The van der Waals surface area contributed by atoms with Crippen LogP contribution in [0, 0.1) is 0 Å². The van der Waals surface area contributed by atoms with Crippen LogP contribution in [0.15, 0.2) is 18.5 Å². The van der Waals surface area contributed by atoms with Gasteiger partial charge in [0.15, 0.2) is 0 Å². The summed E-state index contributed by atoms with van der Waals surface area (Å²) in [6, 6.07) is 2.05. The zero-order chi connectivity index (χ0) is 8.10. The third-order valence-corrected chi connectivity index (χ3v) is 1.44. The molecule has 0 aliphatic carbocycles. The van der Waals surface area contributed by atoms with Crippen LogP contribution in [0.25, 0.3) is 0 Å². The van der Waals surface area contributed by atoms with Crippen molar-refractivity contribution in [2.75, 3.05) is 0 Å². The van der Waals surface area contributed by atoms with Gasteiger partial charge in [0.05, 0.1) is 0 Å². The van der Waals surface area contributed by atoms with Gasteiger partial charge in [-0.1, -0.05) is 0 Å². The molecule has 0 aliphatic rings. The number of aromatic nitrogens is 2. The van der Waals surface area contributed by atoms with Crippen molar-refractivity contribution in [3.63, 3.8) is 0 Å². The Bertz CT molecular complexity index is 196. The summed E-state index contributed by atoms with van der Waals surface area (Å²) in [5.74, 6) is 0.879. The van der Waals surface area contributed by atoms with Crippen LogP contribution in [-0.2, 0) is 6.42 Å². The van der Waals surface area contributed by atoms with E-state index in [9.17, 15) is 0 Å². The number of hydrogen-bond donors (Lipinski definition) is 1. The highest BCUT2D eigenvalue weighted by atomic mass is 14.8. The Kier molecular flexibility index (Phi) is 2.98. The summed E-state index contributed by atoms with van der Waals surface area (Å²) >= 11 is 0. The fourth-order valence-electron chi connectivity index (χ4n) is 0.816. The normalized spacial score (nSPS) is 12.9. The van der Waals surface area contributed by atoms with Gasteiger partial charge in [0.25, 0.3) is 0 Å². The average molecular weight is 151 g/mol. The van der Waals surface area contributed by atoms with Crippen molar-refractivity contribution in [1.82, 2.24) is 9.97 Å². The van der Waals surface area contributed by atoms with E-state index < -0.39 is 0 Å². The van der Waals surface area contributed by atoms with Crippen molar-refractivity contribution in [2.24, 2.45) is 5.73 Å². The monoisotopic (exact) mass is 151 g/mol. The maximum absolute atomic E-state index is 5.58. The molecule has 0 saturated carbocycles. The lowest BCUT2D eigenvalue weighted by Crippen LogP contribution is -2.15. The molecule has 60 valence electrons. The first-order valence-corrected chi connectivity index (χ1v) is 3.80. The molecular formula is C8H13N3. The molecule has 1 heterocycles. The molecule has 0 bridgehead atoms. The van der Waals surface area contributed by atoms with Crippen LogP contribution in [0.1, 0.15) is 19.2 Å². The van der Waals surface area contributed by atoms with Crippen LogP contribution in [0.2, 0.25) is 0 Å². The minimum Gasteiger partial charge on any atom is -0.328 e.